The molecule has 0 aromatic carbocycles. The molecule has 0 fully saturated rings. The van der Waals surface area contributed by atoms with Gasteiger partial charge < -0.3 is 18.9 Å². The highest BCUT2D eigenvalue weighted by atomic mass is 16.8. The molecule has 0 aliphatic heterocycles. The Morgan fingerprint density at radius 1 is 1.37 bits per heavy atom. The molecule has 2 unspecified atom stereocenters. The zero-order chi connectivity index (χ0) is 15.1. The molecule has 0 amide bonds. The molecule has 0 aromatic rings. The van der Waals surface area contributed by atoms with Crippen molar-refractivity contribution in [3.05, 3.63) is 25.0 Å². The van der Waals surface area contributed by atoms with E-state index in [0.717, 1.165) is 0 Å². The van der Waals surface area contributed by atoms with E-state index in [1.54, 1.807) is 34.6 Å². The summed E-state index contributed by atoms with van der Waals surface area (Å²) in [6.45, 7) is 15.7. The first-order valence-electron chi connectivity index (χ1n) is 6.12. The highest BCUT2D eigenvalue weighted by Gasteiger charge is 2.24. The maximum atomic E-state index is 11.3. The van der Waals surface area contributed by atoms with Crippen molar-refractivity contribution in [1.82, 2.24) is 0 Å². The van der Waals surface area contributed by atoms with Gasteiger partial charge >= 0.3 is 5.97 Å². The Morgan fingerprint density at radius 2 is 1.95 bits per heavy atom. The van der Waals surface area contributed by atoms with E-state index in [2.05, 4.69) is 13.2 Å². The van der Waals surface area contributed by atoms with E-state index in [9.17, 15) is 4.79 Å². The summed E-state index contributed by atoms with van der Waals surface area (Å²) in [6, 6.07) is 0. The van der Waals surface area contributed by atoms with E-state index in [0.29, 0.717) is 5.57 Å². The van der Waals surface area contributed by atoms with Gasteiger partial charge in [0.25, 0.3) is 0 Å². The topological polar surface area (TPSA) is 54.0 Å². The molecular formula is C14H24O5. The van der Waals surface area contributed by atoms with Crippen LogP contribution in [0.1, 0.15) is 34.6 Å². The molecule has 0 rings (SSSR count). The molecule has 0 bridgehead atoms. The van der Waals surface area contributed by atoms with Crippen molar-refractivity contribution < 1.29 is 23.7 Å². The Balaban J connectivity index is 4.11. The van der Waals surface area contributed by atoms with Gasteiger partial charge in [-0.15, -0.1) is 0 Å². The number of ether oxygens (including phenoxy) is 4. The number of rotatable bonds is 9. The lowest BCUT2D eigenvalue weighted by Gasteiger charge is -2.29. The van der Waals surface area contributed by atoms with Gasteiger partial charge in [0, 0.05) is 5.57 Å². The van der Waals surface area contributed by atoms with Gasteiger partial charge in [-0.1, -0.05) is 13.2 Å². The molecular weight excluding hydrogens is 248 g/mol. The minimum absolute atomic E-state index is 0.215. The highest BCUT2D eigenvalue weighted by Crippen LogP contribution is 2.16. The van der Waals surface area contributed by atoms with E-state index in [1.165, 1.54) is 6.26 Å². The summed E-state index contributed by atoms with van der Waals surface area (Å²) in [4.78, 5) is 11.3. The first-order valence-corrected chi connectivity index (χ1v) is 6.12. The van der Waals surface area contributed by atoms with Crippen LogP contribution < -0.4 is 0 Å². The third-order valence-electron chi connectivity index (χ3n) is 2.06. The Kier molecular flexibility index (Phi) is 7.41. The summed E-state index contributed by atoms with van der Waals surface area (Å²) in [5.41, 5.74) is 0.357. The average molecular weight is 272 g/mol. The standard InChI is InChI=1S/C14H24O5/c1-8-16-12(5)19-14(6,7)17-9-11(4)18-13(15)10(2)3/h8,11-12H,1-2,9H2,3-7H3. The summed E-state index contributed by atoms with van der Waals surface area (Å²) in [6.07, 6.45) is 0.446. The molecule has 2 atom stereocenters. The van der Waals surface area contributed by atoms with Gasteiger partial charge in [0.2, 0.25) is 0 Å². The van der Waals surface area contributed by atoms with Crippen LogP contribution in [-0.2, 0) is 23.7 Å². The number of carbonyl (C=O) groups excluding carboxylic acids is 1. The van der Waals surface area contributed by atoms with Crippen LogP contribution in [0.15, 0.2) is 25.0 Å². The summed E-state index contributed by atoms with van der Waals surface area (Å²) >= 11 is 0. The molecule has 0 spiro atoms. The van der Waals surface area contributed by atoms with Crippen LogP contribution in [0.5, 0.6) is 0 Å². The molecule has 0 aliphatic rings. The van der Waals surface area contributed by atoms with Crippen molar-refractivity contribution in [1.29, 1.82) is 0 Å². The van der Waals surface area contributed by atoms with Crippen molar-refractivity contribution in [3.8, 4) is 0 Å². The lowest BCUT2D eigenvalue weighted by Crippen LogP contribution is -2.36. The van der Waals surface area contributed by atoms with Crippen LogP contribution in [-0.4, -0.2) is 30.8 Å². The summed E-state index contributed by atoms with van der Waals surface area (Å²) in [5, 5.41) is 0. The molecule has 0 saturated heterocycles. The van der Waals surface area contributed by atoms with Crippen LogP contribution in [0, 0.1) is 0 Å². The van der Waals surface area contributed by atoms with Crippen molar-refractivity contribution in [2.45, 2.75) is 52.8 Å². The SMILES string of the molecule is C=COC(C)OC(C)(C)OCC(C)OC(=O)C(=C)C. The van der Waals surface area contributed by atoms with Gasteiger partial charge in [-0.2, -0.15) is 0 Å². The Hall–Kier alpha value is -1.33. The van der Waals surface area contributed by atoms with E-state index in [-0.39, 0.29) is 12.7 Å². The van der Waals surface area contributed by atoms with Gasteiger partial charge in [-0.3, -0.25) is 0 Å². The largest absolute Gasteiger partial charge is 0.473 e. The lowest BCUT2D eigenvalue weighted by atomic mass is 10.3. The minimum Gasteiger partial charge on any atom is -0.473 e. The molecule has 5 heteroatoms. The fraction of sp³-hybridized carbons (Fsp3) is 0.643. The summed E-state index contributed by atoms with van der Waals surface area (Å²) in [7, 11) is 0. The maximum absolute atomic E-state index is 11.3. The normalized spacial score (nSPS) is 14.4. The maximum Gasteiger partial charge on any atom is 0.333 e. The molecule has 0 radical (unpaired) electrons. The van der Waals surface area contributed by atoms with Gasteiger partial charge in [0.15, 0.2) is 12.1 Å². The average Bonchev–Trinajstić information content (AvgIpc) is 2.26. The van der Waals surface area contributed by atoms with Crippen LogP contribution in [0.3, 0.4) is 0 Å². The molecule has 19 heavy (non-hydrogen) atoms. The van der Waals surface area contributed by atoms with Crippen molar-refractivity contribution >= 4 is 5.97 Å². The van der Waals surface area contributed by atoms with Crippen LogP contribution >= 0.6 is 0 Å². The first kappa shape index (κ1) is 17.7. The Morgan fingerprint density at radius 3 is 2.42 bits per heavy atom. The predicted molar refractivity (Wildman–Crippen MR) is 72.2 cm³/mol. The quantitative estimate of drug-likeness (QED) is 0.279. The molecule has 5 nitrogen and oxygen atoms in total. The highest BCUT2D eigenvalue weighted by molar-refractivity contribution is 5.87. The van der Waals surface area contributed by atoms with Gasteiger partial charge in [-0.05, 0) is 34.6 Å². The molecule has 0 saturated carbocycles. The predicted octanol–water partition coefficient (Wildman–Crippen LogP) is 2.77. The van der Waals surface area contributed by atoms with Gasteiger partial charge in [-0.25, -0.2) is 4.79 Å². The lowest BCUT2D eigenvalue weighted by molar-refractivity contribution is -0.283. The molecule has 0 N–H and O–H groups in total. The molecule has 0 heterocycles. The second-order valence-corrected chi connectivity index (χ2v) is 4.70. The Bertz CT molecular complexity index is 322. The van der Waals surface area contributed by atoms with Gasteiger partial charge in [0.05, 0.1) is 12.9 Å². The monoisotopic (exact) mass is 272 g/mol. The number of carbonyl (C=O) groups is 1. The second kappa shape index (κ2) is 7.96. The van der Waals surface area contributed by atoms with Crippen molar-refractivity contribution in [2.75, 3.05) is 6.61 Å². The van der Waals surface area contributed by atoms with Gasteiger partial charge in [0.1, 0.15) is 6.10 Å². The zero-order valence-electron chi connectivity index (χ0n) is 12.4. The van der Waals surface area contributed by atoms with E-state index >= 15 is 0 Å². The minimum atomic E-state index is -0.855. The number of hydrogen-bond acceptors (Lipinski definition) is 5. The first-order chi connectivity index (χ1) is 8.68. The third kappa shape index (κ3) is 8.40. The number of esters is 1. The van der Waals surface area contributed by atoms with Crippen molar-refractivity contribution in [3.63, 3.8) is 0 Å². The summed E-state index contributed by atoms with van der Waals surface area (Å²) in [5.74, 6) is -1.29. The van der Waals surface area contributed by atoms with Crippen LogP contribution in [0.25, 0.3) is 0 Å². The van der Waals surface area contributed by atoms with E-state index in [1.807, 2.05) is 0 Å². The smallest absolute Gasteiger partial charge is 0.333 e. The number of hydrogen-bond donors (Lipinski definition) is 0. The van der Waals surface area contributed by atoms with Crippen LogP contribution in [0.4, 0.5) is 0 Å². The van der Waals surface area contributed by atoms with E-state index in [4.69, 9.17) is 18.9 Å². The fourth-order valence-electron chi connectivity index (χ4n) is 1.23. The Labute approximate surface area is 115 Å². The zero-order valence-corrected chi connectivity index (χ0v) is 12.4. The molecule has 0 aromatic heterocycles. The fourth-order valence-corrected chi connectivity index (χ4v) is 1.23. The van der Waals surface area contributed by atoms with E-state index < -0.39 is 18.0 Å². The van der Waals surface area contributed by atoms with Crippen LogP contribution in [0.2, 0.25) is 0 Å². The second-order valence-electron chi connectivity index (χ2n) is 4.70. The summed E-state index contributed by atoms with van der Waals surface area (Å²) < 4.78 is 21.2. The third-order valence-corrected chi connectivity index (χ3v) is 2.06. The molecule has 0 aliphatic carbocycles. The van der Waals surface area contributed by atoms with Crippen molar-refractivity contribution in [2.24, 2.45) is 0 Å². The molecule has 110 valence electrons.